The van der Waals surface area contributed by atoms with E-state index in [1.54, 1.807) is 0 Å². The minimum absolute atomic E-state index is 0.0352. The molecule has 0 spiro atoms. The van der Waals surface area contributed by atoms with Crippen LogP contribution in [0.15, 0.2) is 18.2 Å². The number of amides is 2. The Labute approximate surface area is 172 Å². The molecule has 1 aliphatic carbocycles. The summed E-state index contributed by atoms with van der Waals surface area (Å²) < 4.78 is 0. The number of nitrogens with one attached hydrogen (secondary N) is 2. The number of aromatic amines is 1. The van der Waals surface area contributed by atoms with Crippen LogP contribution in [-0.4, -0.2) is 64.7 Å². The first-order valence-corrected chi connectivity index (χ1v) is 10.6. The average molecular weight is 395 g/mol. The van der Waals surface area contributed by atoms with Crippen molar-refractivity contribution in [1.29, 1.82) is 0 Å². The van der Waals surface area contributed by atoms with Crippen LogP contribution in [-0.2, 0) is 12.8 Å². The van der Waals surface area contributed by atoms with Crippen molar-refractivity contribution >= 4 is 16.9 Å². The van der Waals surface area contributed by atoms with Gasteiger partial charge in [-0.3, -0.25) is 0 Å². The van der Waals surface area contributed by atoms with Crippen LogP contribution >= 0.6 is 0 Å². The van der Waals surface area contributed by atoms with Crippen LogP contribution in [0.3, 0.4) is 0 Å². The zero-order valence-corrected chi connectivity index (χ0v) is 17.5. The zero-order valence-electron chi connectivity index (χ0n) is 17.5. The molecule has 3 N–H and O–H groups in total. The lowest BCUT2D eigenvalue weighted by atomic mass is 9.73. The van der Waals surface area contributed by atoms with Crippen molar-refractivity contribution in [3.05, 3.63) is 35.0 Å². The number of aromatic nitrogens is 1. The molecule has 154 valence electrons. The first-order valence-electron chi connectivity index (χ1n) is 10.6. The van der Waals surface area contributed by atoms with Crippen LogP contribution in [0.5, 0.6) is 0 Å². The minimum Gasteiger partial charge on any atom is -0.462 e. The van der Waals surface area contributed by atoms with Crippen LogP contribution in [0.2, 0.25) is 0 Å². The molecular weight excluding hydrogens is 364 g/mol. The Morgan fingerprint density at radius 3 is 2.90 bits per heavy atom. The largest absolute Gasteiger partial charge is 0.462 e. The predicted molar refractivity (Wildman–Crippen MR) is 114 cm³/mol. The van der Waals surface area contributed by atoms with Crippen LogP contribution in [0.4, 0.5) is 4.79 Å². The van der Waals surface area contributed by atoms with Crippen molar-refractivity contribution in [2.24, 2.45) is 0 Å². The Kier molecular flexibility index (Phi) is 5.42. The number of aliphatic hydroxyl groups is 1. The molecule has 29 heavy (non-hydrogen) atoms. The van der Waals surface area contributed by atoms with Crippen LogP contribution < -0.4 is 5.32 Å². The second-order valence-electron chi connectivity index (χ2n) is 8.19. The number of hydrogen-bond donors (Lipinski definition) is 3. The van der Waals surface area contributed by atoms with Crippen molar-refractivity contribution in [3.63, 3.8) is 0 Å². The van der Waals surface area contributed by atoms with Gasteiger partial charge in [0.15, 0.2) is 0 Å². The Bertz CT molecular complexity index is 966. The summed E-state index contributed by atoms with van der Waals surface area (Å²) in [5.74, 6) is 3.17. The highest BCUT2D eigenvalue weighted by Crippen LogP contribution is 2.44. The fraction of sp³-hybridized carbons (Fsp3) is 0.522. The Balaban J connectivity index is 1.65. The number of hydrogen-bond acceptors (Lipinski definition) is 3. The molecule has 2 aromatic rings. The van der Waals surface area contributed by atoms with E-state index >= 15 is 0 Å². The van der Waals surface area contributed by atoms with Crippen molar-refractivity contribution in [2.45, 2.75) is 51.1 Å². The Morgan fingerprint density at radius 2 is 2.17 bits per heavy atom. The molecule has 0 bridgehead atoms. The van der Waals surface area contributed by atoms with E-state index in [1.165, 1.54) is 16.5 Å². The number of fused-ring (bicyclic) bond motifs is 2. The number of carbonyl (C=O) groups excluding carboxylic acids is 1. The highest BCUT2D eigenvalue weighted by Gasteiger charge is 2.40. The summed E-state index contributed by atoms with van der Waals surface area (Å²) in [4.78, 5) is 20.4. The molecule has 1 saturated heterocycles. The number of nitrogens with zero attached hydrogens (tertiary/aromatic N) is 2. The number of H-pyrrole nitrogens is 1. The van der Waals surface area contributed by atoms with E-state index in [1.807, 2.05) is 24.9 Å². The number of rotatable bonds is 4. The van der Waals surface area contributed by atoms with E-state index in [2.05, 4.69) is 46.4 Å². The second-order valence-corrected chi connectivity index (χ2v) is 8.19. The van der Waals surface area contributed by atoms with Crippen molar-refractivity contribution in [3.8, 4) is 12.0 Å². The van der Waals surface area contributed by atoms with Gasteiger partial charge in [0, 0.05) is 54.2 Å². The maximum absolute atomic E-state index is 12.6. The summed E-state index contributed by atoms with van der Waals surface area (Å²) in [6.07, 6.45) is 4.48. The summed E-state index contributed by atoms with van der Waals surface area (Å²) in [7, 11) is 2.17. The molecular formula is C23H30N4O2. The molecule has 2 heterocycles. The maximum atomic E-state index is 12.6. The lowest BCUT2D eigenvalue weighted by molar-refractivity contribution is 0.124. The van der Waals surface area contributed by atoms with E-state index in [-0.39, 0.29) is 12.1 Å². The molecule has 1 aromatic heterocycles. The molecule has 4 rings (SSSR count). The summed E-state index contributed by atoms with van der Waals surface area (Å²) >= 11 is 0. The van der Waals surface area contributed by atoms with Gasteiger partial charge < -0.3 is 25.2 Å². The van der Waals surface area contributed by atoms with Gasteiger partial charge in [-0.1, -0.05) is 18.1 Å². The Hall–Kier alpha value is -2.65. The molecule has 0 saturated carbocycles. The molecule has 1 aromatic carbocycles. The molecule has 6 heteroatoms. The number of urea groups is 1. The number of likely N-dealkylation sites (tertiary alicyclic amines) is 1. The number of aliphatic hydroxyl groups excluding tert-OH is 1. The summed E-state index contributed by atoms with van der Waals surface area (Å²) in [6, 6.07) is 7.05. The van der Waals surface area contributed by atoms with E-state index < -0.39 is 0 Å². The van der Waals surface area contributed by atoms with Gasteiger partial charge in [0.1, 0.15) is 6.11 Å². The van der Waals surface area contributed by atoms with Crippen molar-refractivity contribution < 1.29 is 9.90 Å². The van der Waals surface area contributed by atoms with Crippen molar-refractivity contribution in [2.75, 3.05) is 26.7 Å². The average Bonchev–Trinajstić information content (AvgIpc) is 3.07. The van der Waals surface area contributed by atoms with Gasteiger partial charge >= 0.3 is 6.03 Å². The summed E-state index contributed by atoms with van der Waals surface area (Å²) in [5, 5.41) is 13.5. The molecule has 6 nitrogen and oxygen atoms in total. The van der Waals surface area contributed by atoms with Gasteiger partial charge in [-0.2, -0.15) is 0 Å². The van der Waals surface area contributed by atoms with E-state index in [0.717, 1.165) is 43.7 Å². The predicted octanol–water partition coefficient (Wildman–Crippen LogP) is 2.81. The van der Waals surface area contributed by atoms with E-state index in [9.17, 15) is 4.79 Å². The zero-order chi connectivity index (χ0) is 20.5. The minimum atomic E-state index is 0.0352. The number of benzene rings is 1. The normalized spacial score (nSPS) is 23.2. The molecule has 1 unspecified atom stereocenters. The van der Waals surface area contributed by atoms with Crippen LogP contribution in [0.25, 0.3) is 10.9 Å². The lowest BCUT2D eigenvalue weighted by Crippen LogP contribution is -2.56. The van der Waals surface area contributed by atoms with Gasteiger partial charge in [-0.05, 0) is 50.9 Å². The standard InChI is InChI=1S/C23H30N4O2/c1-4-27(5-2)23(29)24-15-12-17-16-8-6-9-20-22(16)18(13-21(17)26(3)14-15)19(25-20)10-7-11-28/h6,8-9,15,17,21,25,28H,4-5,10,12-14H2,1-3H3,(H,24,29)/t15-,17?,21+/m0/s1. The smallest absolute Gasteiger partial charge is 0.317 e. The molecule has 2 amide bonds. The SMILES string of the molecule is CCN(CC)C(=O)N[C@H]1CC2c3cccc4[nH]c(CC#CO)c(c34)C[C@H]2N(C)C1. The molecule has 2 aliphatic rings. The third-order valence-corrected chi connectivity index (χ3v) is 6.66. The molecule has 3 atom stereocenters. The quantitative estimate of drug-likeness (QED) is 0.699. The number of piperidine rings is 1. The van der Waals surface area contributed by atoms with Gasteiger partial charge in [0.25, 0.3) is 0 Å². The highest BCUT2D eigenvalue weighted by atomic mass is 16.2. The van der Waals surface area contributed by atoms with Crippen LogP contribution in [0.1, 0.15) is 43.0 Å². The maximum Gasteiger partial charge on any atom is 0.317 e. The summed E-state index contributed by atoms with van der Waals surface area (Å²) in [5.41, 5.74) is 4.94. The first-order chi connectivity index (χ1) is 14.1. The van der Waals surface area contributed by atoms with Gasteiger partial charge in [-0.25, -0.2) is 4.79 Å². The van der Waals surface area contributed by atoms with Crippen LogP contribution in [0, 0.1) is 12.0 Å². The summed E-state index contributed by atoms with van der Waals surface area (Å²) in [6.45, 7) is 6.33. The topological polar surface area (TPSA) is 71.6 Å². The molecule has 0 radical (unpaired) electrons. The van der Waals surface area contributed by atoms with E-state index in [4.69, 9.17) is 5.11 Å². The van der Waals surface area contributed by atoms with Gasteiger partial charge in [0.05, 0.1) is 6.42 Å². The lowest BCUT2D eigenvalue weighted by Gasteiger charge is -2.46. The fourth-order valence-corrected chi connectivity index (χ4v) is 5.26. The highest BCUT2D eigenvalue weighted by molar-refractivity contribution is 5.90. The first kappa shape index (κ1) is 19.7. The third-order valence-electron chi connectivity index (χ3n) is 6.66. The fourth-order valence-electron chi connectivity index (χ4n) is 5.26. The molecule has 1 fully saturated rings. The number of likely N-dealkylation sites (N-methyl/N-ethyl adjacent to an activating group) is 1. The second kappa shape index (κ2) is 8.00. The monoisotopic (exact) mass is 394 g/mol. The Morgan fingerprint density at radius 1 is 1.38 bits per heavy atom. The van der Waals surface area contributed by atoms with Gasteiger partial charge in [-0.15, -0.1) is 0 Å². The van der Waals surface area contributed by atoms with Crippen molar-refractivity contribution in [1.82, 2.24) is 20.1 Å². The third kappa shape index (κ3) is 3.44. The van der Waals surface area contributed by atoms with E-state index in [0.29, 0.717) is 18.4 Å². The number of carbonyl (C=O) groups is 1. The van der Waals surface area contributed by atoms with Gasteiger partial charge in [0.2, 0.25) is 0 Å². The molecule has 1 aliphatic heterocycles.